The molecule has 3 heteroatoms. The normalized spacial score (nSPS) is 34.1. The Morgan fingerprint density at radius 2 is 2.00 bits per heavy atom. The summed E-state index contributed by atoms with van der Waals surface area (Å²) >= 11 is 0. The third-order valence-corrected chi connectivity index (χ3v) is 3.34. The highest BCUT2D eigenvalue weighted by molar-refractivity contribution is 5.76. The summed E-state index contributed by atoms with van der Waals surface area (Å²) in [5, 5.41) is 0. The van der Waals surface area contributed by atoms with Crippen LogP contribution >= 0.6 is 0 Å². The largest absolute Gasteiger partial charge is 0.460 e. The molecule has 1 heterocycles. The number of hydrogen-bond donors (Lipinski definition) is 0. The molecule has 0 aromatic rings. The number of rotatable bonds is 1. The summed E-state index contributed by atoms with van der Waals surface area (Å²) in [5.41, 5.74) is 0. The maximum Gasteiger partial charge on any atom is 0.288 e. The second-order valence-corrected chi connectivity index (χ2v) is 4.98. The molecule has 15 heavy (non-hydrogen) atoms. The van der Waals surface area contributed by atoms with E-state index >= 15 is 0 Å². The van der Waals surface area contributed by atoms with Gasteiger partial charge in [0.2, 0.25) is 0 Å². The fraction of sp³-hybridized carbons (Fsp3) is 0.917. The second-order valence-electron chi connectivity index (χ2n) is 4.98. The Balaban J connectivity index is 2.09. The van der Waals surface area contributed by atoms with Crippen molar-refractivity contribution in [3.8, 4) is 0 Å². The Bertz CT molecular complexity index is 250. The van der Waals surface area contributed by atoms with E-state index in [4.69, 9.17) is 4.74 Å². The first kappa shape index (κ1) is 10.8. The van der Waals surface area contributed by atoms with Crippen molar-refractivity contribution in [2.45, 2.75) is 64.1 Å². The number of amidine groups is 1. The second kappa shape index (κ2) is 4.42. The van der Waals surface area contributed by atoms with Crippen LogP contribution in [0.2, 0.25) is 0 Å². The van der Waals surface area contributed by atoms with Gasteiger partial charge in [-0.1, -0.05) is 12.8 Å². The third-order valence-electron chi connectivity index (χ3n) is 3.34. The predicted octanol–water partition coefficient (Wildman–Crippen LogP) is 2.41. The molecule has 0 aromatic heterocycles. The van der Waals surface area contributed by atoms with Gasteiger partial charge in [-0.2, -0.15) is 0 Å². The summed E-state index contributed by atoms with van der Waals surface area (Å²) in [6.07, 6.45) is 6.87. The molecule has 1 saturated heterocycles. The highest BCUT2D eigenvalue weighted by Crippen LogP contribution is 2.29. The van der Waals surface area contributed by atoms with Gasteiger partial charge < -0.3 is 9.64 Å². The van der Waals surface area contributed by atoms with E-state index in [0.717, 1.165) is 6.02 Å². The number of hydrogen-bond acceptors (Lipinski definition) is 2. The number of aliphatic imine (C=N–C) groups is 1. The van der Waals surface area contributed by atoms with E-state index in [1.807, 2.05) is 0 Å². The van der Waals surface area contributed by atoms with Gasteiger partial charge in [-0.3, -0.25) is 0 Å². The maximum absolute atomic E-state index is 5.94. The van der Waals surface area contributed by atoms with Gasteiger partial charge in [0, 0.05) is 13.1 Å². The van der Waals surface area contributed by atoms with Crippen LogP contribution in [0.1, 0.15) is 46.0 Å². The van der Waals surface area contributed by atoms with E-state index in [1.54, 1.807) is 0 Å². The van der Waals surface area contributed by atoms with Crippen LogP contribution < -0.4 is 0 Å². The minimum atomic E-state index is 0.324. The van der Waals surface area contributed by atoms with Crippen LogP contribution in [0.4, 0.5) is 0 Å². The predicted molar refractivity (Wildman–Crippen MR) is 62.1 cm³/mol. The van der Waals surface area contributed by atoms with Crippen molar-refractivity contribution in [3.63, 3.8) is 0 Å². The number of nitrogens with zero attached hydrogens (tertiary/aromatic N) is 2. The molecule has 2 unspecified atom stereocenters. The van der Waals surface area contributed by atoms with E-state index < -0.39 is 0 Å². The highest BCUT2D eigenvalue weighted by Gasteiger charge is 2.38. The standard InChI is InChI=1S/C12H22N2O/c1-9(2)13-12-14(3)10-7-5-4-6-8-11(10)15-12/h9-11H,4-8H2,1-3H3/b13-12+. The van der Waals surface area contributed by atoms with Crippen molar-refractivity contribution in [1.29, 1.82) is 0 Å². The van der Waals surface area contributed by atoms with Crippen molar-refractivity contribution < 1.29 is 4.74 Å². The summed E-state index contributed by atoms with van der Waals surface area (Å²) in [5.74, 6) is 0. The smallest absolute Gasteiger partial charge is 0.288 e. The molecule has 3 nitrogen and oxygen atoms in total. The lowest BCUT2D eigenvalue weighted by Gasteiger charge is -2.19. The van der Waals surface area contributed by atoms with Gasteiger partial charge in [0.25, 0.3) is 6.02 Å². The van der Waals surface area contributed by atoms with E-state index in [0.29, 0.717) is 18.2 Å². The zero-order valence-electron chi connectivity index (χ0n) is 10.1. The molecule has 1 saturated carbocycles. The zero-order chi connectivity index (χ0) is 10.8. The first-order valence-electron chi connectivity index (χ1n) is 6.16. The number of likely N-dealkylation sites (N-methyl/N-ethyl adjacent to an activating group) is 1. The average molecular weight is 210 g/mol. The van der Waals surface area contributed by atoms with Crippen LogP contribution in [0.25, 0.3) is 0 Å². The molecule has 2 rings (SSSR count). The Kier molecular flexibility index (Phi) is 3.17. The number of ether oxygens (including phenoxy) is 1. The van der Waals surface area contributed by atoms with Crippen molar-refractivity contribution in [1.82, 2.24) is 4.90 Å². The Labute approximate surface area is 92.5 Å². The third kappa shape index (κ3) is 2.27. The molecule has 0 bridgehead atoms. The summed E-state index contributed by atoms with van der Waals surface area (Å²) in [6.45, 7) is 4.19. The first-order valence-corrected chi connectivity index (χ1v) is 6.16. The summed E-state index contributed by atoms with van der Waals surface area (Å²) < 4.78 is 5.94. The molecule has 1 aliphatic heterocycles. The topological polar surface area (TPSA) is 24.8 Å². The number of fused-ring (bicyclic) bond motifs is 1. The lowest BCUT2D eigenvalue weighted by atomic mass is 10.1. The quantitative estimate of drug-likeness (QED) is 0.664. The van der Waals surface area contributed by atoms with Crippen LogP contribution in [-0.2, 0) is 4.74 Å². The minimum Gasteiger partial charge on any atom is -0.460 e. The first-order chi connectivity index (χ1) is 7.18. The van der Waals surface area contributed by atoms with E-state index in [-0.39, 0.29) is 0 Å². The van der Waals surface area contributed by atoms with Gasteiger partial charge in [-0.05, 0) is 33.1 Å². The SMILES string of the molecule is CC(C)/N=C1/OC2CCCCCC2N1C. The molecule has 86 valence electrons. The highest BCUT2D eigenvalue weighted by atomic mass is 16.5. The fourth-order valence-electron chi connectivity index (χ4n) is 2.54. The van der Waals surface area contributed by atoms with Crippen molar-refractivity contribution >= 4 is 6.02 Å². The van der Waals surface area contributed by atoms with Crippen molar-refractivity contribution in [3.05, 3.63) is 0 Å². The molecular weight excluding hydrogens is 188 g/mol. The zero-order valence-corrected chi connectivity index (χ0v) is 10.1. The van der Waals surface area contributed by atoms with Gasteiger partial charge >= 0.3 is 0 Å². The van der Waals surface area contributed by atoms with E-state index in [2.05, 4.69) is 30.8 Å². The Morgan fingerprint density at radius 3 is 2.73 bits per heavy atom. The lowest BCUT2D eigenvalue weighted by molar-refractivity contribution is 0.181. The van der Waals surface area contributed by atoms with E-state index in [1.165, 1.54) is 32.1 Å². The molecular formula is C12H22N2O. The van der Waals surface area contributed by atoms with Crippen LogP contribution in [0, 0.1) is 0 Å². The van der Waals surface area contributed by atoms with Gasteiger partial charge in [0.05, 0.1) is 6.04 Å². The fourth-order valence-corrected chi connectivity index (χ4v) is 2.54. The summed E-state index contributed by atoms with van der Waals surface area (Å²) in [7, 11) is 2.12. The van der Waals surface area contributed by atoms with Gasteiger partial charge in [-0.15, -0.1) is 0 Å². The molecule has 0 aromatic carbocycles. The molecule has 2 aliphatic rings. The summed E-state index contributed by atoms with van der Waals surface area (Å²) in [6, 6.07) is 1.76. The van der Waals surface area contributed by atoms with Gasteiger partial charge in [-0.25, -0.2) is 4.99 Å². The maximum atomic E-state index is 5.94. The van der Waals surface area contributed by atoms with Crippen LogP contribution in [-0.4, -0.2) is 36.2 Å². The molecule has 0 N–H and O–H groups in total. The average Bonchev–Trinajstić information content (AvgIpc) is 2.40. The van der Waals surface area contributed by atoms with Gasteiger partial charge in [0.15, 0.2) is 0 Å². The molecule has 2 atom stereocenters. The lowest BCUT2D eigenvalue weighted by Crippen LogP contribution is -2.33. The van der Waals surface area contributed by atoms with Crippen molar-refractivity contribution in [2.24, 2.45) is 4.99 Å². The van der Waals surface area contributed by atoms with Crippen molar-refractivity contribution in [2.75, 3.05) is 7.05 Å². The van der Waals surface area contributed by atoms with Crippen LogP contribution in [0.3, 0.4) is 0 Å². The van der Waals surface area contributed by atoms with E-state index in [9.17, 15) is 0 Å². The molecule has 0 amide bonds. The Hall–Kier alpha value is -0.730. The monoisotopic (exact) mass is 210 g/mol. The van der Waals surface area contributed by atoms with Crippen LogP contribution in [0.15, 0.2) is 4.99 Å². The molecule has 0 radical (unpaired) electrons. The summed E-state index contributed by atoms with van der Waals surface area (Å²) in [4.78, 5) is 6.78. The van der Waals surface area contributed by atoms with Crippen LogP contribution in [0.5, 0.6) is 0 Å². The molecule has 0 spiro atoms. The Morgan fingerprint density at radius 1 is 1.27 bits per heavy atom. The minimum absolute atomic E-state index is 0.324. The molecule has 2 fully saturated rings. The van der Waals surface area contributed by atoms with Gasteiger partial charge in [0.1, 0.15) is 6.10 Å². The molecule has 1 aliphatic carbocycles.